The Morgan fingerprint density at radius 1 is 1.21 bits per heavy atom. The van der Waals surface area contributed by atoms with Gasteiger partial charge in [0.15, 0.2) is 5.69 Å². The first-order valence-corrected chi connectivity index (χ1v) is 4.27. The molecule has 0 aliphatic carbocycles. The van der Waals surface area contributed by atoms with Crippen molar-refractivity contribution < 1.29 is 15.1 Å². The highest BCUT2D eigenvalue weighted by Gasteiger charge is 2.20. The lowest BCUT2D eigenvalue weighted by Crippen LogP contribution is -2.29. The Morgan fingerprint density at radius 3 is 2.36 bits per heavy atom. The number of rotatable bonds is 1. The van der Waals surface area contributed by atoms with E-state index in [1.807, 2.05) is 30.3 Å². The van der Waals surface area contributed by atoms with E-state index in [-0.39, 0.29) is 0 Å². The van der Waals surface area contributed by atoms with Crippen LogP contribution in [-0.4, -0.2) is 15.1 Å². The highest BCUT2D eigenvalue weighted by molar-refractivity contribution is 5.58. The molecule has 2 rings (SSSR count). The molecule has 0 spiro atoms. The molecule has 0 saturated carbocycles. The second-order valence-electron chi connectivity index (χ2n) is 3.10. The Balaban J connectivity index is 2.62. The molecule has 0 aliphatic heterocycles. The van der Waals surface area contributed by atoms with E-state index in [1.165, 1.54) is 6.33 Å². The number of hydrogen-bond donors (Lipinski definition) is 2. The smallest absolute Gasteiger partial charge is 0.323 e. The molecule has 0 unspecified atom stereocenters. The average Bonchev–Trinajstić information content (AvgIpc) is 2.43. The fourth-order valence-corrected chi connectivity index (χ4v) is 1.46. The van der Waals surface area contributed by atoms with Crippen molar-refractivity contribution in [3.63, 3.8) is 0 Å². The Labute approximate surface area is 81.2 Å². The zero-order valence-corrected chi connectivity index (χ0v) is 7.75. The van der Waals surface area contributed by atoms with Gasteiger partial charge in [0.1, 0.15) is 0 Å². The van der Waals surface area contributed by atoms with Crippen molar-refractivity contribution >= 4 is 0 Å². The Morgan fingerprint density at radius 2 is 1.86 bits per heavy atom. The van der Waals surface area contributed by atoms with Crippen molar-refractivity contribution in [2.24, 2.45) is 0 Å². The van der Waals surface area contributed by atoms with Crippen LogP contribution in [0.4, 0.5) is 0 Å². The molecule has 4 nitrogen and oxygen atoms in total. The molecule has 0 atom stereocenters. The van der Waals surface area contributed by atoms with Crippen molar-refractivity contribution in [2.45, 2.75) is 6.92 Å². The van der Waals surface area contributed by atoms with Gasteiger partial charge in [-0.05, 0) is 9.46 Å². The monoisotopic (exact) mass is 191 g/mol. The van der Waals surface area contributed by atoms with Gasteiger partial charge in [-0.2, -0.15) is 0 Å². The minimum Gasteiger partial charge on any atom is -0.350 e. The highest BCUT2D eigenvalue weighted by Crippen LogP contribution is 2.18. The summed E-state index contributed by atoms with van der Waals surface area (Å²) in [6.07, 6.45) is 1.21. The van der Waals surface area contributed by atoms with Crippen LogP contribution in [0.2, 0.25) is 0 Å². The zero-order valence-electron chi connectivity index (χ0n) is 7.75. The molecule has 0 saturated heterocycles. The van der Waals surface area contributed by atoms with Crippen molar-refractivity contribution in [1.82, 2.24) is 4.73 Å². The van der Waals surface area contributed by atoms with Crippen molar-refractivity contribution in [3.8, 4) is 11.3 Å². The average molecular weight is 191 g/mol. The van der Waals surface area contributed by atoms with E-state index >= 15 is 0 Å². The van der Waals surface area contributed by atoms with Gasteiger partial charge in [-0.3, -0.25) is 0 Å². The molecule has 0 fully saturated rings. The summed E-state index contributed by atoms with van der Waals surface area (Å²) in [5.41, 5.74) is 2.05. The van der Waals surface area contributed by atoms with Crippen LogP contribution < -0.4 is 4.73 Å². The van der Waals surface area contributed by atoms with Gasteiger partial charge in [-0.15, -0.1) is 0 Å². The predicted octanol–water partition coefficient (Wildman–Crippen LogP) is 1.23. The van der Waals surface area contributed by atoms with Crippen LogP contribution in [0.5, 0.6) is 0 Å². The van der Waals surface area contributed by atoms with Crippen molar-refractivity contribution in [3.05, 3.63) is 42.4 Å². The summed E-state index contributed by atoms with van der Waals surface area (Å²) in [5, 5.41) is 18.8. The molecule has 2 aromatic rings. The highest BCUT2D eigenvalue weighted by atomic mass is 16.5. The second-order valence-corrected chi connectivity index (χ2v) is 3.10. The van der Waals surface area contributed by atoms with Crippen LogP contribution in [0.25, 0.3) is 11.3 Å². The van der Waals surface area contributed by atoms with Crippen LogP contribution in [-0.2, 0) is 0 Å². The molecule has 2 N–H and O–H groups in total. The molecule has 1 heterocycles. The second kappa shape index (κ2) is 3.06. The number of aromatic nitrogens is 2. The van der Waals surface area contributed by atoms with Crippen LogP contribution >= 0.6 is 0 Å². The molecular formula is C10H11N2O2+. The van der Waals surface area contributed by atoms with E-state index < -0.39 is 0 Å². The lowest BCUT2D eigenvalue weighted by molar-refractivity contribution is -0.896. The molecule has 14 heavy (non-hydrogen) atoms. The topological polar surface area (TPSA) is 49.3 Å². The Hall–Kier alpha value is -1.97. The first-order chi connectivity index (χ1) is 6.70. The van der Waals surface area contributed by atoms with Gasteiger partial charge in [0, 0.05) is 12.5 Å². The third-order valence-electron chi connectivity index (χ3n) is 2.18. The standard InChI is InChI=1S/C10H11N2O2/c1-8-10(12(14)7-11(8)13)9-5-3-2-4-6-9/h2-7,13-14H,1H3/q+1. The summed E-state index contributed by atoms with van der Waals surface area (Å²) in [5.74, 6) is 0. The summed E-state index contributed by atoms with van der Waals surface area (Å²) in [7, 11) is 0. The minimum atomic E-state index is 0.591. The summed E-state index contributed by atoms with van der Waals surface area (Å²) in [6, 6.07) is 9.40. The largest absolute Gasteiger partial charge is 0.350 e. The molecular weight excluding hydrogens is 180 g/mol. The molecule has 1 aromatic heterocycles. The molecule has 0 aliphatic rings. The fourth-order valence-electron chi connectivity index (χ4n) is 1.46. The lowest BCUT2D eigenvalue weighted by atomic mass is 10.1. The first kappa shape index (κ1) is 8.62. The Bertz CT molecular complexity index is 449. The van der Waals surface area contributed by atoms with Crippen LogP contribution in [0.15, 0.2) is 36.7 Å². The Kier molecular flexibility index (Phi) is 1.89. The summed E-state index contributed by atoms with van der Waals surface area (Å²) >= 11 is 0. The van der Waals surface area contributed by atoms with Crippen LogP contribution in [0.1, 0.15) is 5.69 Å². The van der Waals surface area contributed by atoms with E-state index in [2.05, 4.69) is 0 Å². The summed E-state index contributed by atoms with van der Waals surface area (Å²) < 4.78 is 1.80. The van der Waals surface area contributed by atoms with E-state index in [1.54, 1.807) is 6.92 Å². The van der Waals surface area contributed by atoms with Gasteiger partial charge in [0.2, 0.25) is 5.69 Å². The van der Waals surface area contributed by atoms with Crippen LogP contribution in [0.3, 0.4) is 0 Å². The summed E-state index contributed by atoms with van der Waals surface area (Å²) in [4.78, 5) is 0. The van der Waals surface area contributed by atoms with Crippen LogP contribution in [0, 0.1) is 6.92 Å². The minimum absolute atomic E-state index is 0.591. The fraction of sp³-hybridized carbons (Fsp3) is 0.100. The van der Waals surface area contributed by atoms with Gasteiger partial charge in [0.05, 0.1) is 0 Å². The number of imidazole rings is 1. The van der Waals surface area contributed by atoms with E-state index in [4.69, 9.17) is 0 Å². The predicted molar refractivity (Wildman–Crippen MR) is 49.2 cm³/mol. The molecule has 0 bridgehead atoms. The van der Waals surface area contributed by atoms with Gasteiger partial charge < -0.3 is 10.4 Å². The maximum Gasteiger partial charge on any atom is 0.323 e. The normalized spacial score (nSPS) is 10.4. The number of benzene rings is 1. The van der Waals surface area contributed by atoms with Gasteiger partial charge in [0.25, 0.3) is 0 Å². The van der Waals surface area contributed by atoms with Gasteiger partial charge in [-0.25, -0.2) is 0 Å². The molecule has 1 aromatic carbocycles. The third-order valence-corrected chi connectivity index (χ3v) is 2.18. The van der Waals surface area contributed by atoms with E-state index in [9.17, 15) is 10.4 Å². The van der Waals surface area contributed by atoms with E-state index in [0.29, 0.717) is 11.4 Å². The third kappa shape index (κ3) is 1.21. The van der Waals surface area contributed by atoms with Crippen molar-refractivity contribution in [2.75, 3.05) is 0 Å². The number of hydrogen-bond acceptors (Lipinski definition) is 2. The van der Waals surface area contributed by atoms with Gasteiger partial charge >= 0.3 is 6.33 Å². The molecule has 0 radical (unpaired) electrons. The quantitative estimate of drug-likeness (QED) is 0.526. The zero-order chi connectivity index (χ0) is 10.1. The molecule has 0 amide bonds. The van der Waals surface area contributed by atoms with E-state index in [0.717, 1.165) is 15.0 Å². The maximum absolute atomic E-state index is 9.50. The van der Waals surface area contributed by atoms with Gasteiger partial charge in [-0.1, -0.05) is 30.3 Å². The number of nitrogens with zero attached hydrogens (tertiary/aromatic N) is 2. The maximum atomic E-state index is 9.50. The first-order valence-electron chi connectivity index (χ1n) is 4.27. The molecule has 4 heteroatoms. The van der Waals surface area contributed by atoms with Crippen molar-refractivity contribution in [1.29, 1.82) is 0 Å². The lowest BCUT2D eigenvalue weighted by Gasteiger charge is -1.94. The SMILES string of the molecule is Cc1c(-c2ccccc2)[n+](O)cn1O. The molecule has 72 valence electrons. The summed E-state index contributed by atoms with van der Waals surface area (Å²) in [6.45, 7) is 1.73.